The van der Waals surface area contributed by atoms with Crippen LogP contribution in [0.4, 0.5) is 0 Å². The maximum absolute atomic E-state index is 5.42. The van der Waals surface area contributed by atoms with Crippen molar-refractivity contribution in [3.63, 3.8) is 0 Å². The van der Waals surface area contributed by atoms with E-state index < -0.39 is 0 Å². The summed E-state index contributed by atoms with van der Waals surface area (Å²) in [6.45, 7) is 2.07. The number of nitrogens with zero attached hydrogens (tertiary/aromatic N) is 1. The van der Waals surface area contributed by atoms with E-state index in [2.05, 4.69) is 30.1 Å². The lowest BCUT2D eigenvalue weighted by atomic mass is 10.2. The average molecular weight is 270 g/mol. The Kier molecular flexibility index (Phi) is 2.87. The van der Waals surface area contributed by atoms with Gasteiger partial charge in [-0.1, -0.05) is 12.1 Å². The van der Waals surface area contributed by atoms with Crippen LogP contribution >= 0.6 is 12.2 Å². The zero-order valence-corrected chi connectivity index (χ0v) is 11.6. The maximum Gasteiger partial charge on any atom is 0.182 e. The molecule has 1 N–H and O–H groups in total. The molecular formula is C15H14N2OS. The molecule has 3 aromatic rings. The number of ether oxygens (including phenoxy) is 1. The first-order valence-electron chi connectivity index (χ1n) is 6.05. The molecule has 0 aliphatic rings. The van der Waals surface area contributed by atoms with Crippen LogP contribution in [0.1, 0.15) is 5.56 Å². The first-order valence-corrected chi connectivity index (χ1v) is 6.45. The molecule has 0 spiro atoms. The second kappa shape index (κ2) is 4.55. The fourth-order valence-corrected chi connectivity index (χ4v) is 2.55. The van der Waals surface area contributed by atoms with Crippen molar-refractivity contribution in [3.05, 3.63) is 52.8 Å². The third-order valence-corrected chi connectivity index (χ3v) is 3.43. The largest absolute Gasteiger partial charge is 0.497 e. The van der Waals surface area contributed by atoms with Gasteiger partial charge >= 0.3 is 0 Å². The summed E-state index contributed by atoms with van der Waals surface area (Å²) in [5.74, 6) is 0.820. The molecule has 0 unspecified atom stereocenters. The number of hydrogen-bond acceptors (Lipinski definition) is 2. The van der Waals surface area contributed by atoms with Crippen molar-refractivity contribution in [3.8, 4) is 11.4 Å². The minimum absolute atomic E-state index is 0.689. The number of rotatable bonds is 2. The highest BCUT2D eigenvalue weighted by atomic mass is 32.1. The Morgan fingerprint density at radius 1 is 1.16 bits per heavy atom. The Hall–Kier alpha value is -2.07. The van der Waals surface area contributed by atoms with Gasteiger partial charge in [0.15, 0.2) is 4.77 Å². The molecule has 0 aliphatic carbocycles. The second-order valence-corrected chi connectivity index (χ2v) is 4.87. The lowest BCUT2D eigenvalue weighted by molar-refractivity contribution is 0.414. The molecule has 0 radical (unpaired) electrons. The lowest BCUT2D eigenvalue weighted by Crippen LogP contribution is -1.94. The Balaban J connectivity index is 2.29. The summed E-state index contributed by atoms with van der Waals surface area (Å²) in [6, 6.07) is 14.1. The van der Waals surface area contributed by atoms with Gasteiger partial charge in [0, 0.05) is 6.07 Å². The number of benzene rings is 2. The molecule has 0 amide bonds. The van der Waals surface area contributed by atoms with Crippen LogP contribution in [0.2, 0.25) is 0 Å². The number of imidazole rings is 1. The van der Waals surface area contributed by atoms with E-state index in [0.29, 0.717) is 4.77 Å². The number of aromatic amines is 1. The number of methoxy groups -OCH3 is 1. The van der Waals surface area contributed by atoms with Gasteiger partial charge in [0.2, 0.25) is 0 Å². The SMILES string of the molecule is COc1cccc(-n2c(=S)[nH]c3cc(C)ccc32)c1. The molecule has 96 valence electrons. The van der Waals surface area contributed by atoms with Crippen LogP contribution in [-0.2, 0) is 0 Å². The van der Waals surface area contributed by atoms with E-state index in [0.717, 1.165) is 22.5 Å². The summed E-state index contributed by atoms with van der Waals surface area (Å²) in [4.78, 5) is 3.24. The standard InChI is InChI=1S/C15H14N2OS/c1-10-6-7-14-13(8-10)16-15(19)17(14)11-4-3-5-12(9-11)18-2/h3-9H,1-2H3,(H,16,19). The van der Waals surface area contributed by atoms with Gasteiger partial charge in [-0.15, -0.1) is 0 Å². The van der Waals surface area contributed by atoms with E-state index in [4.69, 9.17) is 17.0 Å². The molecule has 1 aromatic heterocycles. The molecule has 2 aromatic carbocycles. The number of hydrogen-bond donors (Lipinski definition) is 1. The number of nitrogens with one attached hydrogen (secondary N) is 1. The van der Waals surface area contributed by atoms with E-state index in [1.807, 2.05) is 28.8 Å². The smallest absolute Gasteiger partial charge is 0.182 e. The normalized spacial score (nSPS) is 10.8. The molecule has 0 saturated carbocycles. The molecule has 19 heavy (non-hydrogen) atoms. The number of H-pyrrole nitrogens is 1. The van der Waals surface area contributed by atoms with Gasteiger partial charge in [0.05, 0.1) is 23.8 Å². The number of fused-ring (bicyclic) bond motifs is 1. The van der Waals surface area contributed by atoms with E-state index in [9.17, 15) is 0 Å². The molecule has 0 atom stereocenters. The summed E-state index contributed by atoms with van der Waals surface area (Å²) in [6.07, 6.45) is 0. The van der Waals surface area contributed by atoms with Crippen molar-refractivity contribution in [2.24, 2.45) is 0 Å². The first kappa shape index (κ1) is 12.0. The van der Waals surface area contributed by atoms with Crippen LogP contribution < -0.4 is 4.74 Å². The summed E-state index contributed by atoms with van der Waals surface area (Å²) in [5, 5.41) is 0. The van der Waals surface area contributed by atoms with Gasteiger partial charge < -0.3 is 9.72 Å². The van der Waals surface area contributed by atoms with Crippen molar-refractivity contribution in [2.75, 3.05) is 7.11 Å². The molecular weight excluding hydrogens is 256 g/mol. The quantitative estimate of drug-likeness (QED) is 0.713. The van der Waals surface area contributed by atoms with Crippen molar-refractivity contribution < 1.29 is 4.74 Å². The van der Waals surface area contributed by atoms with Gasteiger partial charge in [0.1, 0.15) is 5.75 Å². The van der Waals surface area contributed by atoms with Gasteiger partial charge in [-0.3, -0.25) is 4.57 Å². The van der Waals surface area contributed by atoms with Crippen LogP contribution in [0.15, 0.2) is 42.5 Å². The highest BCUT2D eigenvalue weighted by Crippen LogP contribution is 2.23. The summed E-state index contributed by atoms with van der Waals surface area (Å²) >= 11 is 5.42. The predicted octanol–water partition coefficient (Wildman–Crippen LogP) is 4.01. The van der Waals surface area contributed by atoms with Crippen LogP contribution in [0.25, 0.3) is 16.7 Å². The Morgan fingerprint density at radius 2 is 2.00 bits per heavy atom. The molecule has 3 rings (SSSR count). The van der Waals surface area contributed by atoms with Crippen LogP contribution in [0.5, 0.6) is 5.75 Å². The fraction of sp³-hybridized carbons (Fsp3) is 0.133. The van der Waals surface area contributed by atoms with Gasteiger partial charge in [0.25, 0.3) is 0 Å². The highest BCUT2D eigenvalue weighted by molar-refractivity contribution is 7.71. The molecule has 3 nitrogen and oxygen atoms in total. The Bertz CT molecular complexity index is 801. The Morgan fingerprint density at radius 3 is 2.79 bits per heavy atom. The van der Waals surface area contributed by atoms with Crippen molar-refractivity contribution in [1.82, 2.24) is 9.55 Å². The second-order valence-electron chi connectivity index (χ2n) is 4.49. The molecule has 1 heterocycles. The van der Waals surface area contributed by atoms with E-state index in [1.54, 1.807) is 7.11 Å². The minimum Gasteiger partial charge on any atom is -0.497 e. The zero-order chi connectivity index (χ0) is 13.4. The maximum atomic E-state index is 5.42. The lowest BCUT2D eigenvalue weighted by Gasteiger charge is -2.06. The molecule has 0 fully saturated rings. The third-order valence-electron chi connectivity index (χ3n) is 3.15. The third kappa shape index (κ3) is 2.04. The van der Waals surface area contributed by atoms with Crippen molar-refractivity contribution in [2.45, 2.75) is 6.92 Å². The summed E-state index contributed by atoms with van der Waals surface area (Å²) in [7, 11) is 1.66. The van der Waals surface area contributed by atoms with Gasteiger partial charge in [-0.2, -0.15) is 0 Å². The van der Waals surface area contributed by atoms with Crippen molar-refractivity contribution >= 4 is 23.3 Å². The molecule has 4 heteroatoms. The summed E-state index contributed by atoms with van der Waals surface area (Å²) in [5.41, 5.74) is 4.33. The van der Waals surface area contributed by atoms with Crippen LogP contribution in [-0.4, -0.2) is 16.7 Å². The number of aromatic nitrogens is 2. The molecule has 0 saturated heterocycles. The monoisotopic (exact) mass is 270 g/mol. The minimum atomic E-state index is 0.689. The zero-order valence-electron chi connectivity index (χ0n) is 10.8. The molecule has 0 aliphatic heterocycles. The van der Waals surface area contributed by atoms with E-state index >= 15 is 0 Å². The summed E-state index contributed by atoms with van der Waals surface area (Å²) < 4.78 is 7.98. The van der Waals surface area contributed by atoms with E-state index in [1.165, 1.54) is 5.56 Å². The van der Waals surface area contributed by atoms with Gasteiger partial charge in [-0.05, 0) is 49.0 Å². The molecule has 0 bridgehead atoms. The number of aryl methyl sites for hydroxylation is 1. The predicted molar refractivity (Wildman–Crippen MR) is 79.7 cm³/mol. The van der Waals surface area contributed by atoms with Crippen molar-refractivity contribution in [1.29, 1.82) is 0 Å². The topological polar surface area (TPSA) is 29.9 Å². The van der Waals surface area contributed by atoms with Crippen LogP contribution in [0.3, 0.4) is 0 Å². The Labute approximate surface area is 116 Å². The first-order chi connectivity index (χ1) is 9.19. The van der Waals surface area contributed by atoms with E-state index in [-0.39, 0.29) is 0 Å². The average Bonchev–Trinajstić information content (AvgIpc) is 2.73. The fourth-order valence-electron chi connectivity index (χ4n) is 2.23. The van der Waals surface area contributed by atoms with Gasteiger partial charge in [-0.25, -0.2) is 0 Å². The van der Waals surface area contributed by atoms with Crippen LogP contribution in [0, 0.1) is 11.7 Å². The highest BCUT2D eigenvalue weighted by Gasteiger charge is 2.07.